The van der Waals surface area contributed by atoms with Crippen molar-refractivity contribution in [1.29, 1.82) is 0 Å². The van der Waals surface area contributed by atoms with E-state index in [-0.39, 0.29) is 5.91 Å². The van der Waals surface area contributed by atoms with Crippen LogP contribution in [0.2, 0.25) is 0 Å². The van der Waals surface area contributed by atoms with E-state index in [2.05, 4.69) is 22.8 Å². The number of rotatable bonds is 6. The van der Waals surface area contributed by atoms with E-state index in [9.17, 15) is 4.79 Å². The van der Waals surface area contributed by atoms with E-state index in [0.717, 1.165) is 44.6 Å². The molecule has 0 aromatic heterocycles. The van der Waals surface area contributed by atoms with Crippen LogP contribution in [0.15, 0.2) is 18.2 Å². The summed E-state index contributed by atoms with van der Waals surface area (Å²) >= 11 is 0. The Morgan fingerprint density at radius 2 is 2.17 bits per heavy atom. The van der Waals surface area contributed by atoms with Gasteiger partial charge >= 0.3 is 0 Å². The number of nitrogens with one attached hydrogen (secondary N) is 2. The minimum Gasteiger partial charge on any atom is -0.330 e. The number of benzene rings is 1. The zero-order chi connectivity index (χ0) is 12.8. The van der Waals surface area contributed by atoms with Crippen LogP contribution in [-0.2, 0) is 17.6 Å². The van der Waals surface area contributed by atoms with Gasteiger partial charge in [0, 0.05) is 12.1 Å². The number of hydrogen-bond donors (Lipinski definition) is 3. The van der Waals surface area contributed by atoms with Crippen molar-refractivity contribution in [2.75, 3.05) is 25.0 Å². The zero-order valence-corrected chi connectivity index (χ0v) is 10.7. The molecule has 1 heterocycles. The number of carbonyl (C=O) groups excluding carboxylic acids is 1. The first-order chi connectivity index (χ1) is 8.79. The summed E-state index contributed by atoms with van der Waals surface area (Å²) in [4.78, 5) is 11.3. The lowest BCUT2D eigenvalue weighted by atomic mass is 9.99. The molecule has 18 heavy (non-hydrogen) atoms. The highest BCUT2D eigenvalue weighted by atomic mass is 16.1. The van der Waals surface area contributed by atoms with Gasteiger partial charge in [-0.25, -0.2) is 0 Å². The van der Waals surface area contributed by atoms with Crippen molar-refractivity contribution < 1.29 is 4.79 Å². The second kappa shape index (κ2) is 6.52. The summed E-state index contributed by atoms with van der Waals surface area (Å²) < 4.78 is 0. The molecule has 1 aromatic carbocycles. The van der Waals surface area contributed by atoms with Gasteiger partial charge in [0.15, 0.2) is 0 Å². The predicted octanol–water partition coefficient (Wildman–Crippen LogP) is 1.05. The van der Waals surface area contributed by atoms with Crippen LogP contribution in [-0.4, -0.2) is 25.5 Å². The van der Waals surface area contributed by atoms with Gasteiger partial charge < -0.3 is 16.4 Å². The van der Waals surface area contributed by atoms with Gasteiger partial charge in [0.25, 0.3) is 0 Å². The summed E-state index contributed by atoms with van der Waals surface area (Å²) in [5, 5.41) is 6.27. The fourth-order valence-corrected chi connectivity index (χ4v) is 2.18. The average Bonchev–Trinajstić information content (AvgIpc) is 2.38. The Balaban J connectivity index is 1.85. The van der Waals surface area contributed by atoms with Crippen LogP contribution in [0.5, 0.6) is 0 Å². The summed E-state index contributed by atoms with van der Waals surface area (Å²) in [6, 6.07) is 6.32. The molecule has 1 aromatic rings. The van der Waals surface area contributed by atoms with Crippen molar-refractivity contribution in [3.63, 3.8) is 0 Å². The monoisotopic (exact) mass is 247 g/mol. The van der Waals surface area contributed by atoms with Gasteiger partial charge in [-0.1, -0.05) is 12.1 Å². The summed E-state index contributed by atoms with van der Waals surface area (Å²) in [5.41, 5.74) is 9.00. The molecule has 0 fully saturated rings. The summed E-state index contributed by atoms with van der Waals surface area (Å²) in [6.45, 7) is 2.70. The Kier molecular flexibility index (Phi) is 4.73. The van der Waals surface area contributed by atoms with Crippen molar-refractivity contribution in [3.05, 3.63) is 29.3 Å². The molecule has 0 aliphatic carbocycles. The fraction of sp³-hybridized carbons (Fsp3) is 0.500. The molecule has 0 radical (unpaired) electrons. The Morgan fingerprint density at radius 1 is 1.28 bits per heavy atom. The maximum Gasteiger partial charge on any atom is 0.224 e. The highest BCUT2D eigenvalue weighted by Crippen LogP contribution is 2.23. The molecule has 0 saturated carbocycles. The molecule has 0 bridgehead atoms. The summed E-state index contributed by atoms with van der Waals surface area (Å²) in [5.74, 6) is 0.124. The minimum absolute atomic E-state index is 0.124. The molecule has 4 heteroatoms. The van der Waals surface area contributed by atoms with Crippen LogP contribution in [0.25, 0.3) is 0 Å². The molecule has 0 unspecified atom stereocenters. The zero-order valence-electron chi connectivity index (χ0n) is 10.7. The summed E-state index contributed by atoms with van der Waals surface area (Å²) in [6.07, 6.45) is 3.50. The van der Waals surface area contributed by atoms with Crippen molar-refractivity contribution in [1.82, 2.24) is 5.32 Å². The van der Waals surface area contributed by atoms with Gasteiger partial charge in [0.1, 0.15) is 0 Å². The van der Waals surface area contributed by atoms with E-state index in [0.29, 0.717) is 6.42 Å². The number of aryl methyl sites for hydroxylation is 1. The van der Waals surface area contributed by atoms with Crippen LogP contribution in [0.1, 0.15) is 24.0 Å². The van der Waals surface area contributed by atoms with Crippen molar-refractivity contribution >= 4 is 11.6 Å². The molecule has 0 saturated heterocycles. The third-order valence-electron chi connectivity index (χ3n) is 3.21. The SMILES string of the molecule is NCCCNCCc1ccc2c(c1)CCC(=O)N2. The minimum atomic E-state index is 0.124. The number of nitrogens with two attached hydrogens (primary N) is 1. The molecule has 1 aliphatic heterocycles. The van der Waals surface area contributed by atoms with Gasteiger partial charge in [-0.3, -0.25) is 4.79 Å². The van der Waals surface area contributed by atoms with Crippen LogP contribution >= 0.6 is 0 Å². The number of carbonyl (C=O) groups is 1. The quantitative estimate of drug-likeness (QED) is 0.658. The van der Waals surface area contributed by atoms with E-state index in [1.165, 1.54) is 11.1 Å². The molecular weight excluding hydrogens is 226 g/mol. The van der Waals surface area contributed by atoms with Gasteiger partial charge in [0.2, 0.25) is 5.91 Å². The topological polar surface area (TPSA) is 67.1 Å². The number of fused-ring (bicyclic) bond motifs is 1. The third kappa shape index (κ3) is 3.55. The van der Waals surface area contributed by atoms with E-state index < -0.39 is 0 Å². The van der Waals surface area contributed by atoms with Crippen molar-refractivity contribution in [2.24, 2.45) is 5.73 Å². The van der Waals surface area contributed by atoms with Gasteiger partial charge in [-0.2, -0.15) is 0 Å². The normalized spacial score (nSPS) is 14.2. The van der Waals surface area contributed by atoms with Crippen molar-refractivity contribution in [3.8, 4) is 0 Å². The molecule has 2 rings (SSSR count). The first kappa shape index (κ1) is 13.1. The lowest BCUT2D eigenvalue weighted by Gasteiger charge is -2.17. The largest absolute Gasteiger partial charge is 0.330 e. The lowest BCUT2D eigenvalue weighted by Crippen LogP contribution is -2.21. The molecule has 1 aliphatic rings. The Morgan fingerprint density at radius 3 is 3.00 bits per heavy atom. The van der Waals surface area contributed by atoms with Crippen LogP contribution in [0, 0.1) is 0 Å². The van der Waals surface area contributed by atoms with Crippen LogP contribution < -0.4 is 16.4 Å². The standard InChI is InChI=1S/C14H21N3O/c15-7-1-8-16-9-6-11-2-4-13-12(10-11)3-5-14(18)17-13/h2,4,10,16H,1,3,5-9,15H2,(H,17,18). The molecule has 4 nitrogen and oxygen atoms in total. The van der Waals surface area contributed by atoms with E-state index >= 15 is 0 Å². The highest BCUT2D eigenvalue weighted by Gasteiger charge is 2.14. The van der Waals surface area contributed by atoms with Gasteiger partial charge in [0.05, 0.1) is 0 Å². The van der Waals surface area contributed by atoms with Crippen LogP contribution in [0.4, 0.5) is 5.69 Å². The lowest BCUT2D eigenvalue weighted by molar-refractivity contribution is -0.116. The fourth-order valence-electron chi connectivity index (χ4n) is 2.18. The Labute approximate surface area is 108 Å². The average molecular weight is 247 g/mol. The van der Waals surface area contributed by atoms with Crippen LogP contribution in [0.3, 0.4) is 0 Å². The number of hydrogen-bond acceptors (Lipinski definition) is 3. The Bertz CT molecular complexity index is 418. The second-order valence-electron chi connectivity index (χ2n) is 4.68. The van der Waals surface area contributed by atoms with E-state index in [1.807, 2.05) is 6.07 Å². The number of anilines is 1. The predicted molar refractivity (Wildman–Crippen MR) is 73.6 cm³/mol. The second-order valence-corrected chi connectivity index (χ2v) is 4.68. The molecule has 0 spiro atoms. The molecule has 0 atom stereocenters. The third-order valence-corrected chi connectivity index (χ3v) is 3.21. The maximum atomic E-state index is 11.3. The van der Waals surface area contributed by atoms with Gasteiger partial charge in [-0.05, 0) is 56.1 Å². The summed E-state index contributed by atoms with van der Waals surface area (Å²) in [7, 11) is 0. The molecule has 98 valence electrons. The molecular formula is C14H21N3O. The first-order valence-corrected chi connectivity index (χ1v) is 6.62. The molecule has 4 N–H and O–H groups in total. The van der Waals surface area contributed by atoms with E-state index in [4.69, 9.17) is 5.73 Å². The maximum absolute atomic E-state index is 11.3. The van der Waals surface area contributed by atoms with E-state index in [1.54, 1.807) is 0 Å². The first-order valence-electron chi connectivity index (χ1n) is 6.62. The highest BCUT2D eigenvalue weighted by molar-refractivity contribution is 5.93. The Hall–Kier alpha value is -1.39. The van der Waals surface area contributed by atoms with Crippen molar-refractivity contribution in [2.45, 2.75) is 25.7 Å². The smallest absolute Gasteiger partial charge is 0.224 e. The molecule has 1 amide bonds. The van der Waals surface area contributed by atoms with Gasteiger partial charge in [-0.15, -0.1) is 0 Å². The number of amides is 1.